The zero-order valence-corrected chi connectivity index (χ0v) is 11.0. The summed E-state index contributed by atoms with van der Waals surface area (Å²) in [5.41, 5.74) is -0.686. The fraction of sp³-hybridized carbons (Fsp3) is 0.917. The molecule has 1 heterocycles. The Balaban J connectivity index is 2.26. The molecule has 0 bridgehead atoms. The maximum Gasteiger partial charge on any atom is 0.239 e. The first-order valence-corrected chi connectivity index (χ1v) is 6.22. The number of aliphatic hydroxyl groups is 1. The molecule has 1 aliphatic rings. The zero-order valence-electron chi connectivity index (χ0n) is 11.0. The first-order valence-electron chi connectivity index (χ1n) is 6.22. The van der Waals surface area contributed by atoms with Crippen LogP contribution in [0.25, 0.3) is 0 Å². The summed E-state index contributed by atoms with van der Waals surface area (Å²) in [6, 6.07) is -0.199. The number of carbonyl (C=O) groups is 1. The molecule has 1 amide bonds. The van der Waals surface area contributed by atoms with E-state index in [-0.39, 0.29) is 11.9 Å². The van der Waals surface area contributed by atoms with E-state index in [1.54, 1.807) is 13.8 Å². The monoisotopic (exact) mass is 244 g/mol. The third kappa shape index (κ3) is 5.48. The van der Waals surface area contributed by atoms with Crippen LogP contribution in [0.3, 0.4) is 0 Å². The first kappa shape index (κ1) is 14.4. The minimum atomic E-state index is -0.686. The first-order chi connectivity index (χ1) is 7.90. The lowest BCUT2D eigenvalue weighted by molar-refractivity contribution is -0.137. The number of nitrogens with zero attached hydrogens (tertiary/aromatic N) is 1. The van der Waals surface area contributed by atoms with Crippen molar-refractivity contribution in [2.75, 3.05) is 32.8 Å². The third-order valence-electron chi connectivity index (χ3n) is 2.88. The van der Waals surface area contributed by atoms with Gasteiger partial charge < -0.3 is 20.1 Å². The van der Waals surface area contributed by atoms with Crippen molar-refractivity contribution in [1.82, 2.24) is 10.2 Å². The highest BCUT2D eigenvalue weighted by Crippen LogP contribution is 2.06. The van der Waals surface area contributed by atoms with Gasteiger partial charge in [0.25, 0.3) is 0 Å². The number of rotatable bonds is 5. The molecule has 0 aliphatic carbocycles. The zero-order chi connectivity index (χ0) is 12.9. The fourth-order valence-electron chi connectivity index (χ4n) is 1.74. The van der Waals surface area contributed by atoms with Gasteiger partial charge in [-0.15, -0.1) is 0 Å². The van der Waals surface area contributed by atoms with Crippen molar-refractivity contribution in [3.63, 3.8) is 0 Å². The molecule has 1 fully saturated rings. The second kappa shape index (κ2) is 6.33. The van der Waals surface area contributed by atoms with Gasteiger partial charge >= 0.3 is 0 Å². The van der Waals surface area contributed by atoms with Crippen LogP contribution in [0.1, 0.15) is 27.2 Å². The Morgan fingerprint density at radius 2 is 2.06 bits per heavy atom. The molecule has 1 saturated heterocycles. The van der Waals surface area contributed by atoms with Crippen LogP contribution in [0.5, 0.6) is 0 Å². The number of carbonyl (C=O) groups excluding carboxylic acids is 1. The molecule has 2 N–H and O–H groups in total. The highest BCUT2D eigenvalue weighted by molar-refractivity contribution is 5.81. The molecule has 100 valence electrons. The summed E-state index contributed by atoms with van der Waals surface area (Å²) in [6.07, 6.45) is 0.633. The average molecular weight is 244 g/mol. The van der Waals surface area contributed by atoms with Crippen molar-refractivity contribution < 1.29 is 14.6 Å². The van der Waals surface area contributed by atoms with Gasteiger partial charge in [-0.3, -0.25) is 4.79 Å². The van der Waals surface area contributed by atoms with Gasteiger partial charge in [0.15, 0.2) is 0 Å². The molecule has 17 heavy (non-hydrogen) atoms. The summed E-state index contributed by atoms with van der Waals surface area (Å²) in [7, 11) is 0. The van der Waals surface area contributed by atoms with Crippen molar-refractivity contribution in [1.29, 1.82) is 0 Å². The van der Waals surface area contributed by atoms with Crippen LogP contribution in [-0.4, -0.2) is 60.4 Å². The molecule has 0 aromatic rings. The summed E-state index contributed by atoms with van der Waals surface area (Å²) in [5, 5.41) is 12.7. The molecule has 0 saturated carbocycles. The number of amides is 1. The number of hydrogen-bond donors (Lipinski definition) is 2. The molecule has 5 nitrogen and oxygen atoms in total. The van der Waals surface area contributed by atoms with Gasteiger partial charge in [0.2, 0.25) is 5.91 Å². The van der Waals surface area contributed by atoms with Crippen LogP contribution in [0.2, 0.25) is 0 Å². The van der Waals surface area contributed by atoms with Gasteiger partial charge in [-0.1, -0.05) is 0 Å². The maximum absolute atomic E-state index is 12.0. The number of hydrogen-bond acceptors (Lipinski definition) is 4. The lowest BCUT2D eigenvalue weighted by atomic mass is 10.1. The molecule has 0 spiro atoms. The summed E-state index contributed by atoms with van der Waals surface area (Å²) in [5.74, 6) is 0.115. The van der Waals surface area contributed by atoms with Gasteiger partial charge in [-0.05, 0) is 33.7 Å². The number of nitrogens with one attached hydrogen (secondary N) is 1. The van der Waals surface area contributed by atoms with Crippen LogP contribution < -0.4 is 5.32 Å². The molecule has 1 atom stereocenters. The van der Waals surface area contributed by atoms with E-state index in [0.29, 0.717) is 39.3 Å². The lowest BCUT2D eigenvalue weighted by Crippen LogP contribution is -2.49. The van der Waals surface area contributed by atoms with E-state index < -0.39 is 5.60 Å². The van der Waals surface area contributed by atoms with Crippen molar-refractivity contribution >= 4 is 5.91 Å². The van der Waals surface area contributed by atoms with Crippen LogP contribution in [0.15, 0.2) is 0 Å². The largest absolute Gasteiger partial charge is 0.390 e. The van der Waals surface area contributed by atoms with Crippen LogP contribution >= 0.6 is 0 Å². The predicted molar refractivity (Wildman–Crippen MR) is 65.8 cm³/mol. The van der Waals surface area contributed by atoms with E-state index in [2.05, 4.69) is 5.32 Å². The van der Waals surface area contributed by atoms with Crippen LogP contribution in [0.4, 0.5) is 0 Å². The van der Waals surface area contributed by atoms with Gasteiger partial charge in [0, 0.05) is 13.1 Å². The van der Waals surface area contributed by atoms with Crippen LogP contribution in [-0.2, 0) is 9.53 Å². The Hall–Kier alpha value is -0.650. The summed E-state index contributed by atoms with van der Waals surface area (Å²) >= 11 is 0. The van der Waals surface area contributed by atoms with Gasteiger partial charge in [0.1, 0.15) is 0 Å². The normalized spacial score (nSPS) is 19.2. The van der Waals surface area contributed by atoms with E-state index in [0.717, 1.165) is 0 Å². The second-order valence-corrected chi connectivity index (χ2v) is 5.18. The molecule has 1 unspecified atom stereocenters. The van der Waals surface area contributed by atoms with Crippen molar-refractivity contribution in [3.8, 4) is 0 Å². The van der Waals surface area contributed by atoms with Crippen molar-refractivity contribution in [2.24, 2.45) is 0 Å². The van der Waals surface area contributed by atoms with E-state index in [4.69, 9.17) is 4.74 Å². The summed E-state index contributed by atoms with van der Waals surface area (Å²) < 4.78 is 5.21. The standard InChI is InChI=1S/C12H24N2O3/c1-10(13-5-4-12(2,3)16)11(15)14-6-8-17-9-7-14/h10,13,16H,4-9H2,1-3H3. The van der Waals surface area contributed by atoms with E-state index in [1.165, 1.54) is 0 Å². The van der Waals surface area contributed by atoms with E-state index in [9.17, 15) is 9.90 Å². The average Bonchev–Trinajstić information content (AvgIpc) is 2.27. The molecule has 0 aromatic heterocycles. The highest BCUT2D eigenvalue weighted by Gasteiger charge is 2.22. The van der Waals surface area contributed by atoms with Crippen molar-refractivity contribution in [3.05, 3.63) is 0 Å². The summed E-state index contributed by atoms with van der Waals surface area (Å²) in [4.78, 5) is 13.8. The summed E-state index contributed by atoms with van der Waals surface area (Å²) in [6.45, 7) is 8.64. The predicted octanol–water partition coefficient (Wildman–Crippen LogP) is -0.0157. The Morgan fingerprint density at radius 3 is 2.59 bits per heavy atom. The van der Waals surface area contributed by atoms with Crippen molar-refractivity contribution in [2.45, 2.75) is 38.8 Å². The topological polar surface area (TPSA) is 61.8 Å². The van der Waals surface area contributed by atoms with E-state index in [1.807, 2.05) is 11.8 Å². The minimum Gasteiger partial charge on any atom is -0.390 e. The second-order valence-electron chi connectivity index (χ2n) is 5.18. The van der Waals surface area contributed by atoms with Gasteiger partial charge in [-0.25, -0.2) is 0 Å². The molecule has 0 aromatic carbocycles. The Morgan fingerprint density at radius 1 is 1.47 bits per heavy atom. The molecule has 0 radical (unpaired) electrons. The molecule has 1 rings (SSSR count). The fourth-order valence-corrected chi connectivity index (χ4v) is 1.74. The quantitative estimate of drug-likeness (QED) is 0.714. The SMILES string of the molecule is CC(NCCC(C)(C)O)C(=O)N1CCOCC1. The Bertz CT molecular complexity index is 245. The Kier molecular flexibility index (Phi) is 5.36. The lowest BCUT2D eigenvalue weighted by Gasteiger charge is -2.30. The minimum absolute atomic E-state index is 0.115. The molecule has 1 aliphatic heterocycles. The smallest absolute Gasteiger partial charge is 0.239 e. The number of morpholine rings is 1. The maximum atomic E-state index is 12.0. The van der Waals surface area contributed by atoms with Gasteiger partial charge in [-0.2, -0.15) is 0 Å². The van der Waals surface area contributed by atoms with Gasteiger partial charge in [0.05, 0.1) is 24.9 Å². The van der Waals surface area contributed by atoms with E-state index >= 15 is 0 Å². The third-order valence-corrected chi connectivity index (χ3v) is 2.88. The molecular formula is C12H24N2O3. The molecular weight excluding hydrogens is 220 g/mol. The molecule has 5 heteroatoms. The van der Waals surface area contributed by atoms with Crippen LogP contribution in [0, 0.1) is 0 Å². The Labute approximate surface area is 103 Å². The number of ether oxygens (including phenoxy) is 1. The highest BCUT2D eigenvalue weighted by atomic mass is 16.5.